The van der Waals surface area contributed by atoms with Gasteiger partial charge in [-0.05, 0) is 24.3 Å². The third kappa shape index (κ3) is 5.84. The molecular formula is C14H15N4O+. The van der Waals surface area contributed by atoms with Crippen LogP contribution in [0.15, 0.2) is 54.6 Å². The molecule has 96 valence electrons. The van der Waals surface area contributed by atoms with Crippen LogP contribution in [0, 0.1) is 5.39 Å². The number of nitrogens with one attached hydrogen (secondary N) is 1. The van der Waals surface area contributed by atoms with E-state index >= 15 is 0 Å². The Balaban J connectivity index is 0.000000200. The maximum atomic E-state index is 10.6. The lowest BCUT2D eigenvalue weighted by Gasteiger charge is -2.00. The van der Waals surface area contributed by atoms with Crippen molar-refractivity contribution in [3.05, 3.63) is 59.6 Å². The van der Waals surface area contributed by atoms with Crippen molar-refractivity contribution >= 4 is 23.0 Å². The molecule has 0 fully saturated rings. The van der Waals surface area contributed by atoms with E-state index in [1.165, 1.54) is 6.92 Å². The van der Waals surface area contributed by atoms with Gasteiger partial charge in [0.05, 0.1) is 0 Å². The second-order valence-corrected chi connectivity index (χ2v) is 3.74. The SMILES string of the molecule is CC(=O)Nc1ccc(N)cc1.N#[N+]c1ccccc1. The van der Waals surface area contributed by atoms with Crippen LogP contribution in [0.25, 0.3) is 4.98 Å². The minimum Gasteiger partial charge on any atom is -0.399 e. The zero-order valence-corrected chi connectivity index (χ0v) is 10.6. The summed E-state index contributed by atoms with van der Waals surface area (Å²) in [5.74, 6) is -0.0743. The van der Waals surface area contributed by atoms with Gasteiger partial charge in [-0.15, -0.1) is 0 Å². The smallest absolute Gasteiger partial charge is 0.385 e. The predicted molar refractivity (Wildman–Crippen MR) is 76.3 cm³/mol. The number of nitrogens with two attached hydrogens (primary N) is 1. The highest BCUT2D eigenvalue weighted by Crippen LogP contribution is 2.09. The largest absolute Gasteiger partial charge is 0.399 e. The number of nitrogen functional groups attached to an aromatic ring is 1. The fraction of sp³-hybridized carbons (Fsp3) is 0.0714. The Bertz CT molecular complexity index is 558. The molecule has 0 saturated carbocycles. The maximum Gasteiger partial charge on any atom is 0.385 e. The lowest BCUT2D eigenvalue weighted by molar-refractivity contribution is -0.114. The number of anilines is 2. The number of rotatable bonds is 1. The number of hydrogen-bond acceptors (Lipinski definition) is 3. The molecule has 0 bridgehead atoms. The molecule has 5 nitrogen and oxygen atoms in total. The summed E-state index contributed by atoms with van der Waals surface area (Å²) in [6, 6.07) is 15.9. The quantitative estimate of drug-likeness (QED) is 0.605. The van der Waals surface area contributed by atoms with Gasteiger partial charge in [-0.1, -0.05) is 18.2 Å². The van der Waals surface area contributed by atoms with E-state index in [9.17, 15) is 4.79 Å². The second kappa shape index (κ2) is 7.45. The van der Waals surface area contributed by atoms with Gasteiger partial charge in [-0.25, -0.2) is 0 Å². The van der Waals surface area contributed by atoms with Gasteiger partial charge in [-0.2, -0.15) is 0 Å². The number of amides is 1. The molecule has 0 heterocycles. The Hall–Kier alpha value is -2.87. The molecule has 2 aromatic rings. The topological polar surface area (TPSA) is 83.3 Å². The van der Waals surface area contributed by atoms with Crippen LogP contribution < -0.4 is 11.1 Å². The van der Waals surface area contributed by atoms with E-state index in [1.54, 1.807) is 36.4 Å². The summed E-state index contributed by atoms with van der Waals surface area (Å²) in [6.45, 7) is 1.47. The summed E-state index contributed by atoms with van der Waals surface area (Å²) in [7, 11) is 0. The molecule has 2 rings (SSSR count). The molecule has 0 saturated heterocycles. The summed E-state index contributed by atoms with van der Waals surface area (Å²) < 4.78 is 0. The van der Waals surface area contributed by atoms with Gasteiger partial charge in [0, 0.05) is 30.4 Å². The lowest BCUT2D eigenvalue weighted by Crippen LogP contribution is -2.05. The van der Waals surface area contributed by atoms with Crippen LogP contribution >= 0.6 is 0 Å². The Morgan fingerprint density at radius 3 is 2.11 bits per heavy atom. The second-order valence-electron chi connectivity index (χ2n) is 3.74. The van der Waals surface area contributed by atoms with Crippen molar-refractivity contribution < 1.29 is 4.79 Å². The van der Waals surface area contributed by atoms with Crippen LogP contribution in [-0.2, 0) is 4.79 Å². The number of hydrogen-bond donors (Lipinski definition) is 2. The molecule has 0 spiro atoms. The highest BCUT2D eigenvalue weighted by molar-refractivity contribution is 5.88. The van der Waals surface area contributed by atoms with Crippen LogP contribution in [0.2, 0.25) is 0 Å². The summed E-state index contributed by atoms with van der Waals surface area (Å²) in [5.41, 5.74) is 7.50. The first-order valence-corrected chi connectivity index (χ1v) is 5.65. The van der Waals surface area contributed by atoms with E-state index in [0.717, 1.165) is 5.69 Å². The van der Waals surface area contributed by atoms with E-state index in [4.69, 9.17) is 11.1 Å². The minimum absolute atomic E-state index is 0.0743. The van der Waals surface area contributed by atoms with Gasteiger partial charge in [0.15, 0.2) is 4.98 Å². The van der Waals surface area contributed by atoms with Crippen LogP contribution in [0.3, 0.4) is 0 Å². The summed E-state index contributed by atoms with van der Waals surface area (Å²) in [6.07, 6.45) is 0. The first-order chi connectivity index (χ1) is 9.11. The summed E-state index contributed by atoms with van der Waals surface area (Å²) in [5, 5.41) is 10.8. The Labute approximate surface area is 111 Å². The lowest BCUT2D eigenvalue weighted by atomic mass is 10.3. The normalized spacial score (nSPS) is 8.63. The molecule has 0 aliphatic rings. The molecule has 5 heteroatoms. The Kier molecular flexibility index (Phi) is 5.57. The monoisotopic (exact) mass is 255 g/mol. The van der Waals surface area contributed by atoms with Gasteiger partial charge in [0.2, 0.25) is 11.3 Å². The fourth-order valence-corrected chi connectivity index (χ4v) is 1.26. The standard InChI is InChI=1S/C8H10N2O.C6H5N2/c1-6(11)10-8-4-2-7(9)3-5-8;7-8-6-4-2-1-3-5-6/h2-5H,9H2,1H3,(H,10,11);1-5H/q;+1. The van der Waals surface area contributed by atoms with Gasteiger partial charge in [-0.3, -0.25) is 4.79 Å². The highest BCUT2D eigenvalue weighted by atomic mass is 16.1. The third-order valence-corrected chi connectivity index (χ3v) is 2.10. The number of diazo groups is 1. The van der Waals surface area contributed by atoms with Crippen molar-refractivity contribution in [3.63, 3.8) is 0 Å². The molecule has 0 aliphatic heterocycles. The Morgan fingerprint density at radius 1 is 1.11 bits per heavy atom. The van der Waals surface area contributed by atoms with Crippen LogP contribution in [0.4, 0.5) is 17.1 Å². The zero-order valence-electron chi connectivity index (χ0n) is 10.6. The van der Waals surface area contributed by atoms with Crippen molar-refractivity contribution in [2.45, 2.75) is 6.92 Å². The minimum atomic E-state index is -0.0743. The molecule has 0 radical (unpaired) electrons. The Morgan fingerprint density at radius 2 is 1.68 bits per heavy atom. The number of nitrogens with zero attached hydrogens (tertiary/aromatic N) is 2. The maximum absolute atomic E-state index is 10.6. The fourth-order valence-electron chi connectivity index (χ4n) is 1.26. The van der Waals surface area contributed by atoms with Crippen LogP contribution in [0.5, 0.6) is 0 Å². The first kappa shape index (κ1) is 14.2. The summed E-state index contributed by atoms with van der Waals surface area (Å²) in [4.78, 5) is 13.5. The van der Waals surface area contributed by atoms with Crippen molar-refractivity contribution in [2.75, 3.05) is 11.1 Å². The molecule has 2 aromatic carbocycles. The van der Waals surface area contributed by atoms with Crippen molar-refractivity contribution in [1.82, 2.24) is 0 Å². The third-order valence-electron chi connectivity index (χ3n) is 2.10. The van der Waals surface area contributed by atoms with Crippen molar-refractivity contribution in [3.8, 4) is 0 Å². The average molecular weight is 255 g/mol. The van der Waals surface area contributed by atoms with Gasteiger partial charge in [0.1, 0.15) is 0 Å². The molecule has 3 N–H and O–H groups in total. The van der Waals surface area contributed by atoms with E-state index in [2.05, 4.69) is 10.3 Å². The van der Waals surface area contributed by atoms with Gasteiger partial charge in [0.25, 0.3) is 0 Å². The van der Waals surface area contributed by atoms with Crippen LogP contribution in [0.1, 0.15) is 6.92 Å². The molecular weight excluding hydrogens is 240 g/mol. The van der Waals surface area contributed by atoms with E-state index in [0.29, 0.717) is 11.4 Å². The molecule has 0 atom stereocenters. The van der Waals surface area contributed by atoms with Crippen molar-refractivity contribution in [2.24, 2.45) is 0 Å². The number of benzene rings is 2. The predicted octanol–water partition coefficient (Wildman–Crippen LogP) is 3.40. The van der Waals surface area contributed by atoms with E-state index in [-0.39, 0.29) is 5.91 Å². The average Bonchev–Trinajstić information content (AvgIpc) is 2.42. The highest BCUT2D eigenvalue weighted by Gasteiger charge is 1.96. The van der Waals surface area contributed by atoms with Gasteiger partial charge < -0.3 is 11.1 Å². The number of carbonyl (C=O) groups excluding carboxylic acids is 1. The molecule has 1 amide bonds. The molecule has 0 unspecified atom stereocenters. The number of carbonyl (C=O) groups is 1. The molecule has 0 aromatic heterocycles. The molecule has 19 heavy (non-hydrogen) atoms. The zero-order chi connectivity index (χ0) is 14.1. The van der Waals surface area contributed by atoms with E-state index < -0.39 is 0 Å². The first-order valence-electron chi connectivity index (χ1n) is 5.65. The van der Waals surface area contributed by atoms with Gasteiger partial charge >= 0.3 is 5.69 Å². The molecule has 0 aliphatic carbocycles. The van der Waals surface area contributed by atoms with Crippen LogP contribution in [-0.4, -0.2) is 5.91 Å². The van der Waals surface area contributed by atoms with E-state index in [1.807, 2.05) is 18.2 Å². The van der Waals surface area contributed by atoms with Crippen molar-refractivity contribution in [1.29, 1.82) is 5.39 Å². The summed E-state index contributed by atoms with van der Waals surface area (Å²) >= 11 is 0.